The van der Waals surface area contributed by atoms with Gasteiger partial charge in [-0.3, -0.25) is 14.9 Å². The highest BCUT2D eigenvalue weighted by Gasteiger charge is 2.26. The lowest BCUT2D eigenvalue weighted by Gasteiger charge is -2.30. The Morgan fingerprint density at radius 1 is 1.61 bits per heavy atom. The van der Waals surface area contributed by atoms with Crippen molar-refractivity contribution in [3.05, 3.63) is 28.1 Å². The second-order valence-electron chi connectivity index (χ2n) is 5.16. The van der Waals surface area contributed by atoms with Crippen molar-refractivity contribution in [1.29, 1.82) is 0 Å². The van der Waals surface area contributed by atoms with Crippen LogP contribution in [0.4, 0.5) is 5.69 Å². The molecule has 0 saturated heterocycles. The fourth-order valence-corrected chi connectivity index (χ4v) is 1.48. The molecule has 0 fully saturated rings. The first kappa shape index (κ1) is 14.2. The molecule has 100 valence electrons. The zero-order chi connectivity index (χ0) is 13.9. The Morgan fingerprint density at radius 2 is 2.22 bits per heavy atom. The number of aromatic nitrogens is 1. The molecule has 18 heavy (non-hydrogen) atoms. The topological polar surface area (TPSA) is 114 Å². The van der Waals surface area contributed by atoms with Crippen LogP contribution in [0.25, 0.3) is 0 Å². The van der Waals surface area contributed by atoms with Gasteiger partial charge in [0.15, 0.2) is 0 Å². The number of H-pyrrole nitrogens is 1. The van der Waals surface area contributed by atoms with Gasteiger partial charge in [0.1, 0.15) is 5.69 Å². The fourth-order valence-electron chi connectivity index (χ4n) is 1.48. The molecule has 1 aromatic rings. The van der Waals surface area contributed by atoms with Crippen LogP contribution < -0.4 is 11.1 Å². The molecule has 0 radical (unpaired) electrons. The molecule has 7 heteroatoms. The first-order chi connectivity index (χ1) is 8.25. The molecule has 7 nitrogen and oxygen atoms in total. The molecule has 0 spiro atoms. The third kappa shape index (κ3) is 3.30. The molecular formula is C11H18N4O3. The van der Waals surface area contributed by atoms with E-state index in [1.807, 2.05) is 20.8 Å². The predicted molar refractivity (Wildman–Crippen MR) is 67.2 cm³/mol. The Balaban J connectivity index is 2.78. The number of amides is 1. The summed E-state index contributed by atoms with van der Waals surface area (Å²) in [5.74, 6) is -0.395. The van der Waals surface area contributed by atoms with Crippen molar-refractivity contribution < 1.29 is 9.72 Å². The maximum Gasteiger partial charge on any atom is 0.287 e. The van der Waals surface area contributed by atoms with Gasteiger partial charge >= 0.3 is 0 Å². The lowest BCUT2D eigenvalue weighted by molar-refractivity contribution is -0.384. The first-order valence-corrected chi connectivity index (χ1v) is 5.59. The number of nitrogens with two attached hydrogens (primary N) is 1. The van der Waals surface area contributed by atoms with Crippen LogP contribution in [0.2, 0.25) is 0 Å². The van der Waals surface area contributed by atoms with Crippen molar-refractivity contribution in [2.75, 3.05) is 6.54 Å². The second-order valence-corrected chi connectivity index (χ2v) is 5.16. The standard InChI is InChI=1S/C11H18N4O3/c1-11(2,3)9(5-12)14-10(16)8-4-7(6-13-8)15(17)18/h4,6,9,13H,5,12H2,1-3H3,(H,14,16). The monoisotopic (exact) mass is 254 g/mol. The van der Waals surface area contributed by atoms with Crippen molar-refractivity contribution in [2.24, 2.45) is 11.1 Å². The largest absolute Gasteiger partial charge is 0.351 e. The van der Waals surface area contributed by atoms with Gasteiger partial charge in [-0.2, -0.15) is 0 Å². The molecule has 1 heterocycles. The number of nitrogens with zero attached hydrogens (tertiary/aromatic N) is 1. The minimum absolute atomic E-state index is 0.139. The van der Waals surface area contributed by atoms with Gasteiger partial charge in [0.25, 0.3) is 11.6 Å². The number of aromatic amines is 1. The van der Waals surface area contributed by atoms with Crippen LogP contribution in [-0.4, -0.2) is 28.4 Å². The summed E-state index contributed by atoms with van der Waals surface area (Å²) in [6.45, 7) is 6.18. The summed E-state index contributed by atoms with van der Waals surface area (Å²) in [6, 6.07) is 0.998. The van der Waals surface area contributed by atoms with Crippen molar-refractivity contribution >= 4 is 11.6 Å². The molecule has 0 aliphatic rings. The smallest absolute Gasteiger partial charge is 0.287 e. The summed E-state index contributed by atoms with van der Waals surface area (Å²) in [4.78, 5) is 24.4. The van der Waals surface area contributed by atoms with Crippen LogP contribution in [-0.2, 0) is 0 Å². The Morgan fingerprint density at radius 3 is 2.61 bits per heavy atom. The Labute approximate surface area is 105 Å². The van der Waals surface area contributed by atoms with E-state index in [0.717, 1.165) is 0 Å². The van der Waals surface area contributed by atoms with Crippen molar-refractivity contribution in [2.45, 2.75) is 26.8 Å². The van der Waals surface area contributed by atoms with Crippen LogP contribution >= 0.6 is 0 Å². The van der Waals surface area contributed by atoms with E-state index in [9.17, 15) is 14.9 Å². The Bertz CT molecular complexity index is 447. The summed E-state index contributed by atoms with van der Waals surface area (Å²) in [5, 5.41) is 13.3. The molecule has 0 aliphatic carbocycles. The normalized spacial score (nSPS) is 13.1. The maximum absolute atomic E-state index is 11.9. The molecule has 1 rings (SSSR count). The van der Waals surface area contributed by atoms with Gasteiger partial charge in [0.05, 0.1) is 11.1 Å². The summed E-state index contributed by atoms with van der Waals surface area (Å²) < 4.78 is 0. The highest BCUT2D eigenvalue weighted by molar-refractivity contribution is 5.93. The van der Waals surface area contributed by atoms with Crippen LogP contribution in [0.3, 0.4) is 0 Å². The lowest BCUT2D eigenvalue weighted by Crippen LogP contribution is -2.48. The summed E-state index contributed by atoms with van der Waals surface area (Å²) in [6.07, 6.45) is 1.18. The molecule has 0 saturated carbocycles. The molecule has 1 amide bonds. The van der Waals surface area contributed by atoms with Gasteiger partial charge in [-0.25, -0.2) is 0 Å². The van der Waals surface area contributed by atoms with E-state index in [-0.39, 0.29) is 22.8 Å². The molecular weight excluding hydrogens is 236 g/mol. The Kier molecular flexibility index (Phi) is 4.07. The summed E-state index contributed by atoms with van der Waals surface area (Å²) in [7, 11) is 0. The Hall–Kier alpha value is -1.89. The maximum atomic E-state index is 11.9. The van der Waals surface area contributed by atoms with Crippen LogP contribution in [0.15, 0.2) is 12.3 Å². The van der Waals surface area contributed by atoms with Gasteiger partial charge < -0.3 is 16.0 Å². The molecule has 1 atom stereocenters. The minimum Gasteiger partial charge on any atom is -0.351 e. The average molecular weight is 254 g/mol. The van der Waals surface area contributed by atoms with Crippen LogP contribution in [0.1, 0.15) is 31.3 Å². The number of hydrogen-bond acceptors (Lipinski definition) is 4. The molecule has 1 aromatic heterocycles. The summed E-state index contributed by atoms with van der Waals surface area (Å²) >= 11 is 0. The molecule has 1 unspecified atom stereocenters. The average Bonchev–Trinajstić information content (AvgIpc) is 2.73. The number of carbonyl (C=O) groups excluding carboxylic acids is 1. The van der Waals surface area contributed by atoms with Crippen molar-refractivity contribution in [3.8, 4) is 0 Å². The molecule has 4 N–H and O–H groups in total. The van der Waals surface area contributed by atoms with E-state index in [1.54, 1.807) is 0 Å². The SMILES string of the molecule is CC(C)(C)C(CN)NC(=O)c1cc([N+](=O)[O-])c[nH]1. The van der Waals surface area contributed by atoms with Gasteiger partial charge in [0.2, 0.25) is 0 Å². The number of rotatable bonds is 4. The number of hydrogen-bond donors (Lipinski definition) is 3. The van der Waals surface area contributed by atoms with Gasteiger partial charge in [0, 0.05) is 18.7 Å². The number of nitro groups is 1. The van der Waals surface area contributed by atoms with Gasteiger partial charge in [-0.1, -0.05) is 20.8 Å². The van der Waals surface area contributed by atoms with Crippen LogP contribution in [0.5, 0.6) is 0 Å². The van der Waals surface area contributed by atoms with E-state index in [1.165, 1.54) is 12.3 Å². The third-order valence-corrected chi connectivity index (χ3v) is 2.71. The lowest BCUT2D eigenvalue weighted by atomic mass is 9.87. The van der Waals surface area contributed by atoms with E-state index >= 15 is 0 Å². The van der Waals surface area contributed by atoms with Crippen LogP contribution in [0, 0.1) is 15.5 Å². The fraction of sp³-hybridized carbons (Fsp3) is 0.545. The van der Waals surface area contributed by atoms with Crippen molar-refractivity contribution in [1.82, 2.24) is 10.3 Å². The highest BCUT2D eigenvalue weighted by Crippen LogP contribution is 2.19. The quantitative estimate of drug-likeness (QED) is 0.549. The van der Waals surface area contributed by atoms with Crippen molar-refractivity contribution in [3.63, 3.8) is 0 Å². The van der Waals surface area contributed by atoms with E-state index in [2.05, 4.69) is 10.3 Å². The zero-order valence-corrected chi connectivity index (χ0v) is 10.7. The first-order valence-electron chi connectivity index (χ1n) is 5.59. The summed E-state index contributed by atoms with van der Waals surface area (Å²) in [5.41, 5.74) is 5.45. The number of carbonyl (C=O) groups is 1. The zero-order valence-electron chi connectivity index (χ0n) is 10.7. The third-order valence-electron chi connectivity index (χ3n) is 2.71. The predicted octanol–water partition coefficient (Wildman–Crippen LogP) is 1.03. The molecule has 0 aromatic carbocycles. The second kappa shape index (κ2) is 5.18. The van der Waals surface area contributed by atoms with Gasteiger partial charge in [-0.15, -0.1) is 0 Å². The molecule has 0 bridgehead atoms. The van der Waals surface area contributed by atoms with E-state index in [0.29, 0.717) is 6.54 Å². The minimum atomic E-state index is -0.558. The highest BCUT2D eigenvalue weighted by atomic mass is 16.6. The van der Waals surface area contributed by atoms with Gasteiger partial charge in [-0.05, 0) is 5.41 Å². The number of nitrogens with one attached hydrogen (secondary N) is 2. The van der Waals surface area contributed by atoms with E-state index < -0.39 is 10.8 Å². The molecule has 0 aliphatic heterocycles. The van der Waals surface area contributed by atoms with E-state index in [4.69, 9.17) is 5.73 Å².